The molecule has 4 heterocycles. The second-order valence-electron chi connectivity index (χ2n) is 10.1. The molecule has 11 heteroatoms. The number of fused-ring (bicyclic) bond motifs is 2. The molecule has 0 aliphatic carbocycles. The van der Waals surface area contributed by atoms with Gasteiger partial charge >= 0.3 is 0 Å². The van der Waals surface area contributed by atoms with Gasteiger partial charge in [-0.25, -0.2) is 0 Å². The molecule has 0 aliphatic rings. The van der Waals surface area contributed by atoms with Gasteiger partial charge in [-0.2, -0.15) is 24.3 Å². The number of benzene rings is 4. The van der Waals surface area contributed by atoms with Crippen molar-refractivity contribution in [2.24, 2.45) is 14.1 Å². The van der Waals surface area contributed by atoms with Crippen molar-refractivity contribution in [2.45, 2.75) is 6.92 Å². The smallest absolute Gasteiger partial charge is 0.242 e. The van der Waals surface area contributed by atoms with E-state index in [1.165, 1.54) is 24.3 Å². The van der Waals surface area contributed by atoms with Gasteiger partial charge in [0.05, 0.1) is 41.9 Å². The van der Waals surface area contributed by atoms with Crippen LogP contribution in [0.5, 0.6) is 0 Å². The third kappa shape index (κ3) is 7.54. The molecule has 8 rings (SSSR count). The number of pyridine rings is 1. The Morgan fingerprint density at radius 2 is 1.19 bits per heavy atom. The van der Waals surface area contributed by atoms with Crippen LogP contribution in [0.15, 0.2) is 109 Å². The van der Waals surface area contributed by atoms with E-state index < -0.39 is 0 Å². The Hall–Kier alpha value is -5.38. The standard InChI is InChI=1S/2C14H10FN2.C8H7N4.Ir/c2*1-16-10-17(12-8-6-11(15)7-9-12)14-5-3-2-4-13(14)16;1-6-10-8(12-11-6)7-4-2-3-5-9-7;/h2*2-8H,1H3;2-5H,1H3;/q3*-1;. The van der Waals surface area contributed by atoms with Crippen LogP contribution in [0.25, 0.3) is 45.0 Å². The minimum atomic E-state index is -0.283. The molecule has 0 saturated carbocycles. The average molecular weight is 802 g/mol. The van der Waals surface area contributed by atoms with Crippen LogP contribution in [0.1, 0.15) is 5.82 Å². The van der Waals surface area contributed by atoms with Crippen LogP contribution in [0, 0.1) is 43.3 Å². The summed E-state index contributed by atoms with van der Waals surface area (Å²) in [7, 11) is 3.87. The summed E-state index contributed by atoms with van der Waals surface area (Å²) in [5, 5.41) is 7.65. The van der Waals surface area contributed by atoms with Crippen LogP contribution in [-0.2, 0) is 34.2 Å². The van der Waals surface area contributed by atoms with Crippen LogP contribution in [-0.4, -0.2) is 24.2 Å². The van der Waals surface area contributed by atoms with Crippen LogP contribution < -0.4 is 14.2 Å². The van der Waals surface area contributed by atoms with Gasteiger partial charge in [-0.15, -0.1) is 24.3 Å². The first-order valence-electron chi connectivity index (χ1n) is 14.3. The Labute approximate surface area is 284 Å². The van der Waals surface area contributed by atoms with Gasteiger partial charge in [0.1, 0.15) is 0 Å². The Morgan fingerprint density at radius 1 is 0.681 bits per heavy atom. The van der Waals surface area contributed by atoms with E-state index in [1.54, 1.807) is 25.3 Å². The van der Waals surface area contributed by atoms with E-state index in [2.05, 4.69) is 45.0 Å². The summed E-state index contributed by atoms with van der Waals surface area (Å²) in [6.45, 7) is 1.80. The van der Waals surface area contributed by atoms with Crippen molar-refractivity contribution in [3.8, 4) is 22.9 Å². The van der Waals surface area contributed by atoms with Gasteiger partial charge in [-0.1, -0.05) is 66.0 Å². The molecule has 0 unspecified atom stereocenters. The minimum absolute atomic E-state index is 0. The number of rotatable bonds is 3. The summed E-state index contributed by atoms with van der Waals surface area (Å²) in [6, 6.07) is 36.3. The largest absolute Gasteiger partial charge is 0.421 e. The Kier molecular flexibility index (Phi) is 10.4. The number of halogens is 2. The van der Waals surface area contributed by atoms with E-state index in [-0.39, 0.29) is 31.7 Å². The first-order valence-corrected chi connectivity index (χ1v) is 14.3. The number of hydrogen-bond donors (Lipinski definition) is 0. The normalized spacial score (nSPS) is 10.5. The minimum Gasteiger partial charge on any atom is -0.421 e. The van der Waals surface area contributed by atoms with E-state index in [4.69, 9.17) is 0 Å². The van der Waals surface area contributed by atoms with Crippen molar-refractivity contribution in [2.75, 3.05) is 0 Å². The molecule has 0 amide bonds. The van der Waals surface area contributed by atoms with E-state index in [0.29, 0.717) is 11.6 Å². The van der Waals surface area contributed by atoms with Gasteiger partial charge in [-0.3, -0.25) is 18.9 Å². The van der Waals surface area contributed by atoms with Gasteiger partial charge in [0, 0.05) is 43.8 Å². The zero-order valence-corrected chi connectivity index (χ0v) is 28.0. The van der Waals surface area contributed by atoms with Crippen molar-refractivity contribution in [3.63, 3.8) is 0 Å². The molecule has 47 heavy (non-hydrogen) atoms. The summed E-state index contributed by atoms with van der Waals surface area (Å²) in [5.41, 5.74) is 6.52. The molecular weight excluding hydrogens is 775 g/mol. The topological polar surface area (TPSA) is 70.4 Å². The molecule has 8 nitrogen and oxygen atoms in total. The molecule has 8 aromatic rings. The zero-order valence-electron chi connectivity index (χ0n) is 25.6. The number of imidazole rings is 2. The molecule has 237 valence electrons. The molecule has 0 saturated heterocycles. The third-order valence-corrected chi connectivity index (χ3v) is 6.92. The van der Waals surface area contributed by atoms with E-state index in [9.17, 15) is 8.78 Å². The van der Waals surface area contributed by atoms with E-state index >= 15 is 0 Å². The predicted octanol–water partition coefficient (Wildman–Crippen LogP) is 5.19. The number of aryl methyl sites for hydroxylation is 3. The first-order chi connectivity index (χ1) is 22.4. The molecule has 0 spiro atoms. The second-order valence-corrected chi connectivity index (χ2v) is 10.1. The molecular formula is C36H27F2IrN8-3. The van der Waals surface area contributed by atoms with Gasteiger partial charge in [0.2, 0.25) is 12.7 Å². The summed E-state index contributed by atoms with van der Waals surface area (Å²) < 4.78 is 33.3. The van der Waals surface area contributed by atoms with Gasteiger partial charge in [-0.05, 0) is 24.9 Å². The maximum Gasteiger partial charge on any atom is 0.242 e. The van der Waals surface area contributed by atoms with Gasteiger partial charge in [0.15, 0.2) is 0 Å². The second kappa shape index (κ2) is 14.8. The fourth-order valence-electron chi connectivity index (χ4n) is 4.75. The van der Waals surface area contributed by atoms with Crippen molar-refractivity contribution in [3.05, 3.63) is 152 Å². The molecule has 4 aromatic carbocycles. The number of hydrogen-bond acceptors (Lipinski definition) is 3. The SMILES string of the molecule is C[n+]1[c-]n(-c2[c-]cc(F)cc2)c2ccccc21.C[n+]1[c-]n(-c2[c-]cc(F)cc2)c2ccccc21.Cc1n[n-]c(-c2ccccn2)n1.[Ir]. The molecule has 4 aromatic heterocycles. The zero-order chi connectivity index (χ0) is 32.0. The monoisotopic (exact) mass is 802 g/mol. The molecule has 1 radical (unpaired) electrons. The van der Waals surface area contributed by atoms with Crippen LogP contribution >= 0.6 is 0 Å². The number of para-hydroxylation sites is 4. The molecule has 0 fully saturated rings. The van der Waals surface area contributed by atoms with Crippen LogP contribution in [0.3, 0.4) is 0 Å². The van der Waals surface area contributed by atoms with Crippen LogP contribution in [0.2, 0.25) is 0 Å². The van der Waals surface area contributed by atoms with Crippen molar-refractivity contribution < 1.29 is 38.0 Å². The van der Waals surface area contributed by atoms with Gasteiger partial charge in [0.25, 0.3) is 0 Å². The maximum atomic E-state index is 12.9. The summed E-state index contributed by atoms with van der Waals surface area (Å²) in [5.74, 6) is 0.702. The third-order valence-electron chi connectivity index (χ3n) is 6.92. The summed E-state index contributed by atoms with van der Waals surface area (Å²) in [4.78, 5) is 8.19. The Morgan fingerprint density at radius 3 is 1.62 bits per heavy atom. The molecule has 0 aliphatic heterocycles. The van der Waals surface area contributed by atoms with Crippen molar-refractivity contribution in [1.82, 2.24) is 29.3 Å². The van der Waals surface area contributed by atoms with E-state index in [1.807, 2.05) is 99.1 Å². The summed E-state index contributed by atoms with van der Waals surface area (Å²) in [6.07, 6.45) is 8.05. The van der Waals surface area contributed by atoms with Crippen molar-refractivity contribution >= 4 is 22.1 Å². The average Bonchev–Trinajstić information content (AvgIpc) is 3.78. The number of nitrogens with zero attached hydrogens (tertiary/aromatic N) is 8. The Bertz CT molecular complexity index is 2090. The fourth-order valence-corrected chi connectivity index (χ4v) is 4.75. The van der Waals surface area contributed by atoms with Crippen LogP contribution in [0.4, 0.5) is 8.78 Å². The molecule has 0 N–H and O–H groups in total. The first kappa shape index (κ1) is 33.0. The Balaban J connectivity index is 0.000000139. The predicted molar refractivity (Wildman–Crippen MR) is 167 cm³/mol. The van der Waals surface area contributed by atoms with E-state index in [0.717, 1.165) is 39.1 Å². The van der Waals surface area contributed by atoms with Crippen molar-refractivity contribution in [1.29, 1.82) is 0 Å². The summed E-state index contributed by atoms with van der Waals surface area (Å²) >= 11 is 0. The van der Waals surface area contributed by atoms with Gasteiger partial charge < -0.3 is 28.4 Å². The quantitative estimate of drug-likeness (QED) is 0.182. The number of aromatic nitrogens is 8. The molecule has 0 bridgehead atoms. The fraction of sp³-hybridized carbons (Fsp3) is 0.0833. The molecule has 0 atom stereocenters. The maximum absolute atomic E-state index is 12.9.